The van der Waals surface area contributed by atoms with Crippen molar-refractivity contribution in [1.82, 2.24) is 0 Å². The van der Waals surface area contributed by atoms with Crippen molar-refractivity contribution in [1.29, 1.82) is 0 Å². The third kappa shape index (κ3) is 3.25. The maximum Gasteiger partial charge on any atom is 0.228 e. The molecule has 3 atom stereocenters. The van der Waals surface area contributed by atoms with Crippen LogP contribution in [-0.2, 0) is 4.79 Å². The highest BCUT2D eigenvalue weighted by molar-refractivity contribution is 14.1. The van der Waals surface area contributed by atoms with Crippen molar-refractivity contribution in [2.75, 3.05) is 5.32 Å². The summed E-state index contributed by atoms with van der Waals surface area (Å²) in [4.78, 5) is 12.1. The van der Waals surface area contributed by atoms with Gasteiger partial charge in [0.15, 0.2) is 0 Å². The number of unbranched alkanes of at least 4 members (excludes halogenated alkanes) is 1. The minimum atomic E-state index is 0.199. The molecule has 1 aromatic carbocycles. The molecule has 0 heterocycles. The Morgan fingerprint density at radius 3 is 2.61 bits per heavy atom. The Morgan fingerprint density at radius 1 is 1.33 bits per heavy atom. The molecule has 2 nitrogen and oxygen atoms in total. The zero-order valence-electron chi connectivity index (χ0n) is 10.9. The second-order valence-corrected chi connectivity index (χ2v) is 6.43. The fourth-order valence-corrected chi connectivity index (χ4v) is 2.98. The summed E-state index contributed by atoms with van der Waals surface area (Å²) in [6.07, 6.45) is 3.65. The van der Waals surface area contributed by atoms with E-state index in [4.69, 9.17) is 0 Å². The van der Waals surface area contributed by atoms with Gasteiger partial charge in [0.2, 0.25) is 5.91 Å². The van der Waals surface area contributed by atoms with Gasteiger partial charge in [0.25, 0.3) is 0 Å². The van der Waals surface area contributed by atoms with Gasteiger partial charge in [-0.2, -0.15) is 0 Å². The molecule has 0 saturated heterocycles. The number of carbonyl (C=O) groups excluding carboxylic acids is 1. The lowest BCUT2D eigenvalue weighted by atomic mass is 10.1. The van der Waals surface area contributed by atoms with Gasteiger partial charge >= 0.3 is 0 Å². The van der Waals surface area contributed by atoms with Crippen molar-refractivity contribution in [3.63, 3.8) is 0 Å². The monoisotopic (exact) mass is 357 g/mol. The Bertz CT molecular complexity index is 415. The molecule has 3 heteroatoms. The van der Waals surface area contributed by atoms with Crippen molar-refractivity contribution in [2.45, 2.75) is 33.1 Å². The lowest BCUT2D eigenvalue weighted by Crippen LogP contribution is -2.15. The standard InChI is InChI=1S/C15H20INO/c1-3-4-5-13-10(2)14(13)15(18)17-12-8-6-11(16)7-9-12/h6-10,13-14H,3-5H2,1-2H3,(H,17,18)/t10-,13+,14+/m0/s1. The van der Waals surface area contributed by atoms with Crippen LogP contribution in [0.5, 0.6) is 0 Å². The summed E-state index contributed by atoms with van der Waals surface area (Å²) < 4.78 is 1.19. The molecule has 1 aliphatic rings. The van der Waals surface area contributed by atoms with E-state index >= 15 is 0 Å². The van der Waals surface area contributed by atoms with Crippen LogP contribution in [0.3, 0.4) is 0 Å². The van der Waals surface area contributed by atoms with Crippen molar-refractivity contribution in [2.24, 2.45) is 17.8 Å². The van der Waals surface area contributed by atoms with Crippen LogP contribution in [0.15, 0.2) is 24.3 Å². The van der Waals surface area contributed by atoms with Crippen LogP contribution in [0.4, 0.5) is 5.69 Å². The Morgan fingerprint density at radius 2 is 2.00 bits per heavy atom. The normalized spacial score (nSPS) is 25.8. The zero-order valence-corrected chi connectivity index (χ0v) is 13.1. The largest absolute Gasteiger partial charge is 0.326 e. The van der Waals surface area contributed by atoms with E-state index in [9.17, 15) is 4.79 Å². The molecule has 1 N–H and O–H groups in total. The van der Waals surface area contributed by atoms with Crippen LogP contribution in [0, 0.1) is 21.3 Å². The number of nitrogens with one attached hydrogen (secondary N) is 1. The molecule has 0 aliphatic heterocycles. The number of rotatable bonds is 5. The summed E-state index contributed by atoms with van der Waals surface area (Å²) in [5, 5.41) is 3.03. The van der Waals surface area contributed by atoms with Gasteiger partial charge in [-0.1, -0.05) is 26.7 Å². The molecule has 1 aliphatic carbocycles. The van der Waals surface area contributed by atoms with Gasteiger partial charge in [-0.25, -0.2) is 0 Å². The molecule has 0 radical (unpaired) electrons. The minimum Gasteiger partial charge on any atom is -0.326 e. The summed E-state index contributed by atoms with van der Waals surface area (Å²) in [6, 6.07) is 7.96. The van der Waals surface area contributed by atoms with E-state index in [1.54, 1.807) is 0 Å². The third-order valence-electron chi connectivity index (χ3n) is 3.87. The molecule has 0 bridgehead atoms. The maximum atomic E-state index is 12.1. The molecule has 2 rings (SSSR count). The van der Waals surface area contributed by atoms with Crippen LogP contribution in [0.2, 0.25) is 0 Å². The van der Waals surface area contributed by atoms with Gasteiger partial charge in [-0.15, -0.1) is 0 Å². The number of amides is 1. The maximum absolute atomic E-state index is 12.1. The second-order valence-electron chi connectivity index (χ2n) is 5.19. The van der Waals surface area contributed by atoms with Crippen molar-refractivity contribution < 1.29 is 4.79 Å². The molecule has 98 valence electrons. The Kier molecular flexibility index (Phi) is 4.65. The predicted octanol–water partition coefficient (Wildman–Crippen LogP) is 4.30. The van der Waals surface area contributed by atoms with Gasteiger partial charge in [-0.3, -0.25) is 4.79 Å². The first-order valence-corrected chi connectivity index (χ1v) is 7.77. The average Bonchev–Trinajstić information content (AvgIpc) is 3.00. The van der Waals surface area contributed by atoms with Gasteiger partial charge < -0.3 is 5.32 Å². The summed E-state index contributed by atoms with van der Waals surface area (Å²) in [7, 11) is 0. The first-order valence-electron chi connectivity index (χ1n) is 6.70. The van der Waals surface area contributed by atoms with Crippen molar-refractivity contribution in [3.05, 3.63) is 27.8 Å². The minimum absolute atomic E-state index is 0.199. The molecule has 1 amide bonds. The highest BCUT2D eigenvalue weighted by atomic mass is 127. The fraction of sp³-hybridized carbons (Fsp3) is 0.533. The van der Waals surface area contributed by atoms with Crippen LogP contribution >= 0.6 is 22.6 Å². The first-order chi connectivity index (χ1) is 8.63. The smallest absolute Gasteiger partial charge is 0.228 e. The van der Waals surface area contributed by atoms with Gasteiger partial charge in [0, 0.05) is 15.2 Å². The molecule has 1 fully saturated rings. The van der Waals surface area contributed by atoms with Crippen LogP contribution in [-0.4, -0.2) is 5.91 Å². The van der Waals surface area contributed by atoms with E-state index in [-0.39, 0.29) is 11.8 Å². The van der Waals surface area contributed by atoms with Crippen molar-refractivity contribution >= 4 is 34.2 Å². The summed E-state index contributed by atoms with van der Waals surface area (Å²) in [6.45, 7) is 4.40. The number of hydrogen-bond acceptors (Lipinski definition) is 1. The van der Waals surface area contributed by atoms with E-state index in [1.807, 2.05) is 24.3 Å². The molecule has 0 unspecified atom stereocenters. The summed E-state index contributed by atoms with van der Waals surface area (Å²) >= 11 is 2.26. The molecule has 18 heavy (non-hydrogen) atoms. The molecule has 0 spiro atoms. The first kappa shape index (κ1) is 13.8. The number of carbonyl (C=O) groups is 1. The van der Waals surface area contributed by atoms with E-state index < -0.39 is 0 Å². The van der Waals surface area contributed by atoms with Gasteiger partial charge in [-0.05, 0) is 65.1 Å². The topological polar surface area (TPSA) is 29.1 Å². The number of halogens is 1. The second kappa shape index (κ2) is 6.04. The number of anilines is 1. The van der Waals surface area contributed by atoms with Crippen LogP contribution in [0.1, 0.15) is 33.1 Å². The quantitative estimate of drug-likeness (QED) is 0.782. The van der Waals surface area contributed by atoms with E-state index in [2.05, 4.69) is 41.8 Å². The molecular weight excluding hydrogens is 337 g/mol. The average molecular weight is 357 g/mol. The van der Waals surface area contributed by atoms with Gasteiger partial charge in [0.05, 0.1) is 0 Å². The van der Waals surface area contributed by atoms with Crippen LogP contribution in [0.25, 0.3) is 0 Å². The van der Waals surface area contributed by atoms with Crippen molar-refractivity contribution in [3.8, 4) is 0 Å². The zero-order chi connectivity index (χ0) is 13.1. The predicted molar refractivity (Wildman–Crippen MR) is 83.5 cm³/mol. The SMILES string of the molecule is CCCC[C@@H]1[C@H](C)[C@H]1C(=O)Nc1ccc(I)cc1. The lowest BCUT2D eigenvalue weighted by molar-refractivity contribution is -0.117. The fourth-order valence-electron chi connectivity index (χ4n) is 2.62. The number of benzene rings is 1. The Balaban J connectivity index is 1.87. The Labute approximate surface area is 123 Å². The van der Waals surface area contributed by atoms with E-state index in [1.165, 1.54) is 22.8 Å². The third-order valence-corrected chi connectivity index (χ3v) is 4.59. The van der Waals surface area contributed by atoms with Gasteiger partial charge in [0.1, 0.15) is 0 Å². The van der Waals surface area contributed by atoms with E-state index in [0.717, 1.165) is 5.69 Å². The highest BCUT2D eigenvalue weighted by Crippen LogP contribution is 2.49. The van der Waals surface area contributed by atoms with E-state index in [0.29, 0.717) is 11.8 Å². The molecule has 1 saturated carbocycles. The highest BCUT2D eigenvalue weighted by Gasteiger charge is 2.50. The molecular formula is C15H20INO. The summed E-state index contributed by atoms with van der Waals surface area (Å²) in [5.41, 5.74) is 0.911. The lowest BCUT2D eigenvalue weighted by Gasteiger charge is -2.05. The summed E-state index contributed by atoms with van der Waals surface area (Å²) in [5.74, 6) is 1.59. The number of hydrogen-bond donors (Lipinski definition) is 1. The Hall–Kier alpha value is -0.580. The van der Waals surface area contributed by atoms with Crippen LogP contribution < -0.4 is 5.32 Å². The molecule has 1 aromatic rings. The molecule has 0 aromatic heterocycles.